The van der Waals surface area contributed by atoms with E-state index in [0.717, 1.165) is 12.1 Å². The van der Waals surface area contributed by atoms with Crippen molar-refractivity contribution in [1.82, 2.24) is 15.5 Å². The molecule has 2 aromatic carbocycles. The number of aromatic amines is 1. The van der Waals surface area contributed by atoms with E-state index in [1.165, 1.54) is 12.1 Å². The van der Waals surface area contributed by atoms with E-state index in [2.05, 4.69) is 20.8 Å². The van der Waals surface area contributed by atoms with Crippen LogP contribution in [0.25, 0.3) is 0 Å². The van der Waals surface area contributed by atoms with E-state index in [9.17, 15) is 18.0 Å². The maximum absolute atomic E-state index is 13.0. The van der Waals surface area contributed by atoms with Gasteiger partial charge in [0.25, 0.3) is 0 Å². The summed E-state index contributed by atoms with van der Waals surface area (Å²) in [6.45, 7) is 0.402. The molecule has 1 amide bonds. The van der Waals surface area contributed by atoms with Crippen LogP contribution in [0.2, 0.25) is 0 Å². The highest BCUT2D eigenvalue weighted by molar-refractivity contribution is 5.95. The molecule has 7 nitrogen and oxygen atoms in total. The smallest absolute Gasteiger partial charge is 0.381 e. The number of nitriles is 1. The van der Waals surface area contributed by atoms with Gasteiger partial charge in [-0.2, -0.15) is 23.5 Å². The summed E-state index contributed by atoms with van der Waals surface area (Å²) in [6, 6.07) is 14.6. The van der Waals surface area contributed by atoms with E-state index in [0.29, 0.717) is 36.2 Å². The zero-order valence-corrected chi connectivity index (χ0v) is 16.9. The number of carbonyl (C=O) groups excluding carboxylic acids is 1. The molecule has 0 aliphatic carbocycles. The molecule has 0 bridgehead atoms. The molecule has 1 aromatic heterocycles. The van der Waals surface area contributed by atoms with Crippen LogP contribution in [-0.2, 0) is 17.4 Å². The number of rotatable bonds is 8. The zero-order chi connectivity index (χ0) is 23.1. The van der Waals surface area contributed by atoms with Gasteiger partial charge < -0.3 is 16.4 Å². The first kappa shape index (κ1) is 22.8. The van der Waals surface area contributed by atoms with Gasteiger partial charge in [0.1, 0.15) is 17.7 Å². The van der Waals surface area contributed by atoms with Crippen molar-refractivity contribution >= 4 is 17.4 Å². The van der Waals surface area contributed by atoms with Crippen molar-refractivity contribution in [2.24, 2.45) is 0 Å². The van der Waals surface area contributed by atoms with Crippen LogP contribution in [0.4, 0.5) is 24.7 Å². The third-order valence-electron chi connectivity index (χ3n) is 4.79. The fourth-order valence-electron chi connectivity index (χ4n) is 3.21. The van der Waals surface area contributed by atoms with Crippen molar-refractivity contribution in [3.63, 3.8) is 0 Å². The number of nitrogens with one attached hydrogen (secondary N) is 3. The number of aryl methyl sites for hydroxylation is 1. The molecular weight excluding hydrogens is 421 g/mol. The summed E-state index contributed by atoms with van der Waals surface area (Å²) in [5, 5.41) is 21.4. The van der Waals surface area contributed by atoms with Crippen LogP contribution in [0.3, 0.4) is 0 Å². The third-order valence-corrected chi connectivity index (χ3v) is 4.79. The predicted molar refractivity (Wildman–Crippen MR) is 113 cm³/mol. The predicted octanol–water partition coefficient (Wildman–Crippen LogP) is 3.78. The molecule has 166 valence electrons. The molecule has 1 atom stereocenters. The molecule has 0 radical (unpaired) electrons. The summed E-state index contributed by atoms with van der Waals surface area (Å²) in [4.78, 5) is 12.9. The van der Waals surface area contributed by atoms with E-state index >= 15 is 0 Å². The van der Waals surface area contributed by atoms with Gasteiger partial charge in [-0.15, -0.1) is 0 Å². The van der Waals surface area contributed by atoms with Gasteiger partial charge in [0.05, 0.1) is 11.3 Å². The molecule has 32 heavy (non-hydrogen) atoms. The van der Waals surface area contributed by atoms with Gasteiger partial charge in [0.2, 0.25) is 5.91 Å². The fourth-order valence-corrected chi connectivity index (χ4v) is 3.21. The Kier molecular flexibility index (Phi) is 7.12. The highest BCUT2D eigenvalue weighted by atomic mass is 19.4. The minimum Gasteiger partial charge on any atom is -0.381 e. The summed E-state index contributed by atoms with van der Waals surface area (Å²) in [5.74, 6) is -0.350. The van der Waals surface area contributed by atoms with Crippen molar-refractivity contribution < 1.29 is 18.0 Å². The average molecular weight is 442 g/mol. The van der Waals surface area contributed by atoms with E-state index in [-0.39, 0.29) is 11.5 Å². The minimum absolute atomic E-state index is 0.0548. The quantitative estimate of drug-likeness (QED) is 0.396. The lowest BCUT2D eigenvalue weighted by Gasteiger charge is -2.19. The van der Waals surface area contributed by atoms with Crippen LogP contribution >= 0.6 is 0 Å². The Hall–Kier alpha value is -3.84. The summed E-state index contributed by atoms with van der Waals surface area (Å²) >= 11 is 0. The van der Waals surface area contributed by atoms with E-state index < -0.39 is 23.7 Å². The van der Waals surface area contributed by atoms with Crippen molar-refractivity contribution in [1.29, 1.82) is 5.26 Å². The summed E-state index contributed by atoms with van der Waals surface area (Å²) in [7, 11) is 0. The van der Waals surface area contributed by atoms with E-state index in [1.54, 1.807) is 30.3 Å². The van der Waals surface area contributed by atoms with Gasteiger partial charge in [0, 0.05) is 5.69 Å². The second-order valence-corrected chi connectivity index (χ2v) is 7.04. The standard InChI is InChI=1S/C22H21F3N6O/c23-22(24,25)15-8-4-9-16(12-15)29-21(32)19(14-6-2-1-3-7-14)28-11-5-10-18-17(13-26)20(27)31-30-18/h1-4,6-9,12,19,28H,5,10-11H2,(H,29,32)(H3,27,30,31)/t19-/m1/s1. The van der Waals surface area contributed by atoms with Gasteiger partial charge in [-0.25, -0.2) is 0 Å². The Labute approximate surface area is 182 Å². The Morgan fingerprint density at radius 1 is 1.19 bits per heavy atom. The number of alkyl halides is 3. The molecule has 5 N–H and O–H groups in total. The zero-order valence-electron chi connectivity index (χ0n) is 16.9. The maximum Gasteiger partial charge on any atom is 0.416 e. The van der Waals surface area contributed by atoms with Crippen LogP contribution in [0.15, 0.2) is 54.6 Å². The second kappa shape index (κ2) is 9.98. The van der Waals surface area contributed by atoms with Crippen LogP contribution < -0.4 is 16.4 Å². The first-order valence-electron chi connectivity index (χ1n) is 9.79. The van der Waals surface area contributed by atoms with E-state index in [4.69, 9.17) is 11.0 Å². The van der Waals surface area contributed by atoms with Gasteiger partial charge in [-0.3, -0.25) is 9.89 Å². The lowest BCUT2D eigenvalue weighted by Crippen LogP contribution is -2.33. The number of anilines is 2. The summed E-state index contributed by atoms with van der Waals surface area (Å²) in [5.41, 5.74) is 6.41. The molecule has 0 saturated heterocycles. The number of nitrogens with two attached hydrogens (primary N) is 1. The number of benzene rings is 2. The molecule has 1 heterocycles. The molecule has 3 rings (SSSR count). The lowest BCUT2D eigenvalue weighted by atomic mass is 10.1. The average Bonchev–Trinajstić information content (AvgIpc) is 3.13. The second-order valence-electron chi connectivity index (χ2n) is 7.04. The van der Waals surface area contributed by atoms with Gasteiger partial charge in [-0.05, 0) is 43.1 Å². The molecule has 0 spiro atoms. The third kappa shape index (κ3) is 5.65. The maximum atomic E-state index is 13.0. The number of nitrogens with zero attached hydrogens (tertiary/aromatic N) is 2. The number of H-pyrrole nitrogens is 1. The molecule has 0 fully saturated rings. The minimum atomic E-state index is -4.50. The summed E-state index contributed by atoms with van der Waals surface area (Å²) in [6.07, 6.45) is -3.45. The largest absolute Gasteiger partial charge is 0.416 e. The van der Waals surface area contributed by atoms with Crippen LogP contribution in [0.1, 0.15) is 34.8 Å². The first-order valence-corrected chi connectivity index (χ1v) is 9.79. The fraction of sp³-hybridized carbons (Fsp3) is 0.227. The Morgan fingerprint density at radius 2 is 1.94 bits per heavy atom. The monoisotopic (exact) mass is 442 g/mol. The topological polar surface area (TPSA) is 120 Å². The number of hydrogen-bond acceptors (Lipinski definition) is 5. The Bertz CT molecular complexity index is 1100. The Morgan fingerprint density at radius 3 is 2.62 bits per heavy atom. The Balaban J connectivity index is 1.68. The highest BCUT2D eigenvalue weighted by Crippen LogP contribution is 2.31. The van der Waals surface area contributed by atoms with Crippen molar-refractivity contribution in [2.75, 3.05) is 17.6 Å². The van der Waals surface area contributed by atoms with Gasteiger partial charge >= 0.3 is 6.18 Å². The molecule has 0 unspecified atom stereocenters. The summed E-state index contributed by atoms with van der Waals surface area (Å²) < 4.78 is 38.9. The van der Waals surface area contributed by atoms with E-state index in [1.807, 2.05) is 6.07 Å². The molecule has 10 heteroatoms. The van der Waals surface area contributed by atoms with Crippen LogP contribution in [0, 0.1) is 11.3 Å². The molecule has 0 aliphatic rings. The molecule has 0 aliphatic heterocycles. The SMILES string of the molecule is N#Cc1c(N)n[nH]c1CCCN[C@@H](C(=O)Nc1cccc(C(F)(F)F)c1)c1ccccc1. The number of nitrogen functional groups attached to an aromatic ring is 1. The first-order chi connectivity index (χ1) is 15.3. The molecule has 3 aromatic rings. The van der Waals surface area contributed by atoms with Crippen molar-refractivity contribution in [3.05, 3.63) is 77.0 Å². The number of carbonyl (C=O) groups is 1. The number of halogens is 3. The lowest BCUT2D eigenvalue weighted by molar-refractivity contribution is -0.137. The number of amides is 1. The van der Waals surface area contributed by atoms with Crippen molar-refractivity contribution in [3.8, 4) is 6.07 Å². The number of hydrogen-bond donors (Lipinski definition) is 4. The van der Waals surface area contributed by atoms with Crippen LogP contribution in [-0.4, -0.2) is 22.6 Å². The highest BCUT2D eigenvalue weighted by Gasteiger charge is 2.30. The van der Waals surface area contributed by atoms with Crippen molar-refractivity contribution in [2.45, 2.75) is 25.1 Å². The number of aromatic nitrogens is 2. The van der Waals surface area contributed by atoms with Gasteiger partial charge in [0.15, 0.2) is 5.82 Å². The van der Waals surface area contributed by atoms with Gasteiger partial charge in [-0.1, -0.05) is 36.4 Å². The normalized spacial score (nSPS) is 12.2. The molecular formula is C22H21F3N6O. The molecule has 0 saturated carbocycles. The van der Waals surface area contributed by atoms with Crippen LogP contribution in [0.5, 0.6) is 0 Å².